The molecule has 1 aromatic rings. The Morgan fingerprint density at radius 3 is 2.80 bits per heavy atom. The van der Waals surface area contributed by atoms with E-state index in [1.807, 2.05) is 19.9 Å². The summed E-state index contributed by atoms with van der Waals surface area (Å²) in [5.41, 5.74) is 1.36. The molecule has 0 aliphatic heterocycles. The molecule has 20 heavy (non-hydrogen) atoms. The SMILES string of the molecule is C=C(C)C(=O)OC(C)(C)C1CCCc2cccc(F)c21. The minimum absolute atomic E-state index is 0.115. The molecule has 0 radical (unpaired) electrons. The highest BCUT2D eigenvalue weighted by Gasteiger charge is 2.38. The largest absolute Gasteiger partial charge is 0.456 e. The molecule has 1 aliphatic carbocycles. The lowest BCUT2D eigenvalue weighted by Crippen LogP contribution is -2.37. The van der Waals surface area contributed by atoms with Gasteiger partial charge in [-0.3, -0.25) is 0 Å². The van der Waals surface area contributed by atoms with Crippen LogP contribution in [0.2, 0.25) is 0 Å². The van der Waals surface area contributed by atoms with Crippen molar-refractivity contribution in [3.63, 3.8) is 0 Å². The number of hydrogen-bond acceptors (Lipinski definition) is 2. The lowest BCUT2D eigenvalue weighted by molar-refractivity contribution is -0.154. The van der Waals surface area contributed by atoms with Crippen LogP contribution in [0.5, 0.6) is 0 Å². The molecule has 0 N–H and O–H groups in total. The molecule has 108 valence electrons. The van der Waals surface area contributed by atoms with E-state index in [4.69, 9.17) is 4.74 Å². The van der Waals surface area contributed by atoms with Gasteiger partial charge in [0.15, 0.2) is 0 Å². The summed E-state index contributed by atoms with van der Waals surface area (Å²) in [6, 6.07) is 5.18. The zero-order chi connectivity index (χ0) is 14.9. The van der Waals surface area contributed by atoms with Gasteiger partial charge in [-0.15, -0.1) is 0 Å². The first-order valence-electron chi connectivity index (χ1n) is 6.99. The van der Waals surface area contributed by atoms with Gasteiger partial charge in [-0.2, -0.15) is 0 Å². The number of rotatable bonds is 3. The monoisotopic (exact) mass is 276 g/mol. The van der Waals surface area contributed by atoms with Gasteiger partial charge in [-0.25, -0.2) is 9.18 Å². The first-order chi connectivity index (χ1) is 9.33. The van der Waals surface area contributed by atoms with Crippen LogP contribution in [0.3, 0.4) is 0 Å². The van der Waals surface area contributed by atoms with Crippen LogP contribution in [0.15, 0.2) is 30.4 Å². The lowest BCUT2D eigenvalue weighted by Gasteiger charge is -2.38. The number of carbonyl (C=O) groups is 1. The predicted octanol–water partition coefficient (Wildman–Crippen LogP) is 4.14. The molecule has 0 saturated heterocycles. The Balaban J connectivity index is 2.35. The number of benzene rings is 1. The van der Waals surface area contributed by atoms with E-state index in [1.54, 1.807) is 13.0 Å². The second-order valence-corrected chi connectivity index (χ2v) is 6.03. The molecular formula is C17H21FO2. The van der Waals surface area contributed by atoms with Crippen LogP contribution in [0.25, 0.3) is 0 Å². The van der Waals surface area contributed by atoms with E-state index in [9.17, 15) is 9.18 Å². The van der Waals surface area contributed by atoms with Crippen molar-refractivity contribution in [2.45, 2.75) is 51.6 Å². The third kappa shape index (κ3) is 2.77. The molecule has 1 unspecified atom stereocenters. The van der Waals surface area contributed by atoms with Crippen molar-refractivity contribution in [1.29, 1.82) is 0 Å². The van der Waals surface area contributed by atoms with Crippen molar-refractivity contribution in [3.05, 3.63) is 47.3 Å². The molecule has 1 aliphatic rings. The van der Waals surface area contributed by atoms with Crippen LogP contribution in [0, 0.1) is 5.82 Å². The van der Waals surface area contributed by atoms with Crippen molar-refractivity contribution < 1.29 is 13.9 Å². The van der Waals surface area contributed by atoms with Crippen molar-refractivity contribution in [3.8, 4) is 0 Å². The maximum atomic E-state index is 14.2. The van der Waals surface area contributed by atoms with Crippen LogP contribution >= 0.6 is 0 Å². The van der Waals surface area contributed by atoms with Gasteiger partial charge in [0, 0.05) is 11.5 Å². The molecule has 0 aromatic heterocycles. The fourth-order valence-corrected chi connectivity index (χ4v) is 2.92. The molecule has 1 atom stereocenters. The van der Waals surface area contributed by atoms with Crippen LogP contribution in [-0.2, 0) is 16.0 Å². The number of hydrogen-bond donors (Lipinski definition) is 0. The molecule has 2 rings (SSSR count). The van der Waals surface area contributed by atoms with Gasteiger partial charge >= 0.3 is 5.97 Å². The van der Waals surface area contributed by atoms with Crippen molar-refractivity contribution >= 4 is 5.97 Å². The fraction of sp³-hybridized carbons (Fsp3) is 0.471. The van der Waals surface area contributed by atoms with Gasteiger partial charge < -0.3 is 4.74 Å². The van der Waals surface area contributed by atoms with Gasteiger partial charge in [-0.1, -0.05) is 18.7 Å². The number of halogens is 1. The summed E-state index contributed by atoms with van der Waals surface area (Å²) in [5, 5.41) is 0. The minimum Gasteiger partial charge on any atom is -0.456 e. The average molecular weight is 276 g/mol. The predicted molar refractivity (Wildman–Crippen MR) is 77.1 cm³/mol. The van der Waals surface area contributed by atoms with Gasteiger partial charge in [0.25, 0.3) is 0 Å². The third-order valence-corrected chi connectivity index (χ3v) is 3.97. The molecule has 0 heterocycles. The maximum Gasteiger partial charge on any atom is 0.333 e. The van der Waals surface area contributed by atoms with E-state index in [2.05, 4.69) is 6.58 Å². The molecule has 0 saturated carbocycles. The van der Waals surface area contributed by atoms with E-state index in [0.29, 0.717) is 11.1 Å². The summed E-state index contributed by atoms with van der Waals surface area (Å²) in [5.74, 6) is -0.735. The molecular weight excluding hydrogens is 255 g/mol. The Labute approximate surface area is 119 Å². The van der Waals surface area contributed by atoms with Crippen molar-refractivity contribution in [2.75, 3.05) is 0 Å². The number of esters is 1. The van der Waals surface area contributed by atoms with Crippen LogP contribution < -0.4 is 0 Å². The maximum absolute atomic E-state index is 14.2. The summed E-state index contributed by atoms with van der Waals surface area (Å²) < 4.78 is 19.7. The standard InChI is InChI=1S/C17H21FO2/c1-11(2)16(19)20-17(3,4)13-9-5-7-12-8-6-10-14(18)15(12)13/h6,8,10,13H,1,5,7,9H2,2-4H3. The highest BCUT2D eigenvalue weighted by molar-refractivity contribution is 5.87. The number of ether oxygens (including phenoxy) is 1. The Hall–Kier alpha value is -1.64. The molecule has 0 spiro atoms. The van der Waals surface area contributed by atoms with Gasteiger partial charge in [0.1, 0.15) is 11.4 Å². The second-order valence-electron chi connectivity index (χ2n) is 6.03. The zero-order valence-electron chi connectivity index (χ0n) is 12.3. The number of aryl methyl sites for hydroxylation is 1. The van der Waals surface area contributed by atoms with E-state index in [0.717, 1.165) is 24.8 Å². The molecule has 0 fully saturated rings. The molecule has 2 nitrogen and oxygen atoms in total. The lowest BCUT2D eigenvalue weighted by atomic mass is 9.74. The zero-order valence-corrected chi connectivity index (χ0v) is 12.3. The van der Waals surface area contributed by atoms with E-state index >= 15 is 0 Å². The Kier molecular flexibility index (Phi) is 3.98. The van der Waals surface area contributed by atoms with Crippen LogP contribution in [0.4, 0.5) is 4.39 Å². The van der Waals surface area contributed by atoms with Crippen LogP contribution in [-0.4, -0.2) is 11.6 Å². The quantitative estimate of drug-likeness (QED) is 0.612. The number of carbonyl (C=O) groups excluding carboxylic acids is 1. The summed E-state index contributed by atoms with van der Waals surface area (Å²) in [4.78, 5) is 11.8. The summed E-state index contributed by atoms with van der Waals surface area (Å²) in [6.45, 7) is 8.91. The van der Waals surface area contributed by atoms with E-state index in [1.165, 1.54) is 6.07 Å². The fourth-order valence-electron chi connectivity index (χ4n) is 2.92. The highest BCUT2D eigenvalue weighted by Crippen LogP contribution is 2.42. The van der Waals surface area contributed by atoms with E-state index < -0.39 is 11.6 Å². The molecule has 0 bridgehead atoms. The van der Waals surface area contributed by atoms with Crippen LogP contribution in [0.1, 0.15) is 50.7 Å². The van der Waals surface area contributed by atoms with Gasteiger partial charge in [0.2, 0.25) is 0 Å². The smallest absolute Gasteiger partial charge is 0.333 e. The first kappa shape index (κ1) is 14.8. The van der Waals surface area contributed by atoms with Crippen molar-refractivity contribution in [2.24, 2.45) is 0 Å². The summed E-state index contributed by atoms with van der Waals surface area (Å²) >= 11 is 0. The number of fused-ring (bicyclic) bond motifs is 1. The summed E-state index contributed by atoms with van der Waals surface area (Å²) in [7, 11) is 0. The topological polar surface area (TPSA) is 26.3 Å². The second kappa shape index (κ2) is 5.39. The van der Waals surface area contributed by atoms with E-state index in [-0.39, 0.29) is 11.7 Å². The third-order valence-electron chi connectivity index (χ3n) is 3.97. The average Bonchev–Trinajstić information content (AvgIpc) is 2.37. The molecule has 0 amide bonds. The Morgan fingerprint density at radius 2 is 2.15 bits per heavy atom. The minimum atomic E-state index is -0.743. The summed E-state index contributed by atoms with van der Waals surface area (Å²) in [6.07, 6.45) is 2.69. The molecule has 3 heteroatoms. The Morgan fingerprint density at radius 1 is 1.45 bits per heavy atom. The molecule has 1 aromatic carbocycles. The highest BCUT2D eigenvalue weighted by atomic mass is 19.1. The first-order valence-corrected chi connectivity index (χ1v) is 6.99. The normalized spacial score (nSPS) is 18.3. The van der Waals surface area contributed by atoms with Gasteiger partial charge in [-0.05, 0) is 57.2 Å². The van der Waals surface area contributed by atoms with Gasteiger partial charge in [0.05, 0.1) is 0 Å². The van der Waals surface area contributed by atoms with Crippen molar-refractivity contribution in [1.82, 2.24) is 0 Å². The Bertz CT molecular complexity index is 546.